The molecule has 0 aliphatic carbocycles. The minimum absolute atomic E-state index is 0.117. The molecular weight excluding hydrogens is 242 g/mol. The SMILES string of the molecule is COC(CNC(=O)c1ccc(C)cc1)c1ccco1. The third-order valence-corrected chi connectivity index (χ3v) is 2.91. The molecule has 1 amide bonds. The van der Waals surface area contributed by atoms with Gasteiger partial charge >= 0.3 is 0 Å². The van der Waals surface area contributed by atoms with Crippen LogP contribution >= 0.6 is 0 Å². The number of hydrogen-bond acceptors (Lipinski definition) is 3. The van der Waals surface area contributed by atoms with Gasteiger partial charge in [-0.05, 0) is 31.2 Å². The number of carbonyl (C=O) groups is 1. The van der Waals surface area contributed by atoms with E-state index in [0.717, 1.165) is 5.56 Å². The van der Waals surface area contributed by atoms with Crippen LogP contribution in [-0.2, 0) is 4.74 Å². The largest absolute Gasteiger partial charge is 0.467 e. The van der Waals surface area contributed by atoms with Gasteiger partial charge in [0.25, 0.3) is 5.91 Å². The van der Waals surface area contributed by atoms with E-state index in [-0.39, 0.29) is 12.0 Å². The Hall–Kier alpha value is -2.07. The molecule has 1 N–H and O–H groups in total. The molecule has 1 aromatic heterocycles. The van der Waals surface area contributed by atoms with Crippen LogP contribution in [0.5, 0.6) is 0 Å². The summed E-state index contributed by atoms with van der Waals surface area (Å²) in [7, 11) is 1.59. The first-order valence-corrected chi connectivity index (χ1v) is 6.12. The lowest BCUT2D eigenvalue weighted by atomic mass is 10.1. The fourth-order valence-corrected chi connectivity index (χ4v) is 1.77. The van der Waals surface area contributed by atoms with Gasteiger partial charge in [-0.2, -0.15) is 0 Å². The molecule has 0 spiro atoms. The van der Waals surface area contributed by atoms with E-state index in [0.29, 0.717) is 17.9 Å². The number of carbonyl (C=O) groups excluding carboxylic acids is 1. The molecule has 100 valence electrons. The molecule has 0 radical (unpaired) electrons. The average molecular weight is 259 g/mol. The van der Waals surface area contributed by atoms with Gasteiger partial charge in [-0.3, -0.25) is 4.79 Å². The number of nitrogens with one attached hydrogen (secondary N) is 1. The van der Waals surface area contributed by atoms with E-state index in [4.69, 9.17) is 9.15 Å². The van der Waals surface area contributed by atoms with Crippen LogP contribution < -0.4 is 5.32 Å². The number of amides is 1. The summed E-state index contributed by atoms with van der Waals surface area (Å²) >= 11 is 0. The van der Waals surface area contributed by atoms with Crippen LogP contribution in [0, 0.1) is 6.92 Å². The number of ether oxygens (including phenoxy) is 1. The Labute approximate surface area is 112 Å². The second-order valence-electron chi connectivity index (χ2n) is 4.32. The minimum atomic E-state index is -0.274. The Morgan fingerprint density at radius 1 is 1.32 bits per heavy atom. The first-order valence-electron chi connectivity index (χ1n) is 6.12. The Balaban J connectivity index is 1.94. The van der Waals surface area contributed by atoms with Crippen LogP contribution in [0.15, 0.2) is 47.1 Å². The zero-order chi connectivity index (χ0) is 13.7. The van der Waals surface area contributed by atoms with E-state index < -0.39 is 0 Å². The van der Waals surface area contributed by atoms with Crippen molar-refractivity contribution in [2.24, 2.45) is 0 Å². The fraction of sp³-hybridized carbons (Fsp3) is 0.267. The topological polar surface area (TPSA) is 51.5 Å². The van der Waals surface area contributed by atoms with Gasteiger partial charge in [0, 0.05) is 12.7 Å². The maximum Gasteiger partial charge on any atom is 0.251 e. The summed E-state index contributed by atoms with van der Waals surface area (Å²) in [5, 5.41) is 2.83. The highest BCUT2D eigenvalue weighted by molar-refractivity contribution is 5.94. The maximum absolute atomic E-state index is 11.9. The van der Waals surface area contributed by atoms with E-state index >= 15 is 0 Å². The first-order chi connectivity index (χ1) is 9.20. The molecule has 1 unspecified atom stereocenters. The Bertz CT molecular complexity index is 517. The number of methoxy groups -OCH3 is 1. The number of benzene rings is 1. The lowest BCUT2D eigenvalue weighted by Crippen LogP contribution is -2.28. The summed E-state index contributed by atoms with van der Waals surface area (Å²) in [6, 6.07) is 11.1. The molecular formula is C15H17NO3. The maximum atomic E-state index is 11.9. The summed E-state index contributed by atoms with van der Waals surface area (Å²) < 4.78 is 10.6. The van der Waals surface area contributed by atoms with Crippen LogP contribution in [0.4, 0.5) is 0 Å². The summed E-state index contributed by atoms with van der Waals surface area (Å²) in [5.41, 5.74) is 1.77. The van der Waals surface area contributed by atoms with Crippen molar-refractivity contribution < 1.29 is 13.9 Å². The van der Waals surface area contributed by atoms with Crippen molar-refractivity contribution in [1.29, 1.82) is 0 Å². The third kappa shape index (κ3) is 3.45. The predicted octanol–water partition coefficient (Wildman–Crippen LogP) is 2.71. The number of aryl methyl sites for hydroxylation is 1. The lowest BCUT2D eigenvalue weighted by molar-refractivity contribution is 0.0738. The van der Waals surface area contributed by atoms with E-state index in [1.807, 2.05) is 25.1 Å². The number of furan rings is 1. The van der Waals surface area contributed by atoms with Gasteiger partial charge in [-0.1, -0.05) is 17.7 Å². The summed E-state index contributed by atoms with van der Waals surface area (Å²) in [6.45, 7) is 2.36. The zero-order valence-corrected chi connectivity index (χ0v) is 11.1. The van der Waals surface area contributed by atoms with Crippen molar-refractivity contribution in [3.05, 3.63) is 59.5 Å². The van der Waals surface area contributed by atoms with Crippen molar-refractivity contribution in [2.75, 3.05) is 13.7 Å². The lowest BCUT2D eigenvalue weighted by Gasteiger charge is -2.13. The molecule has 2 rings (SSSR count). The second kappa shape index (κ2) is 6.20. The molecule has 4 nitrogen and oxygen atoms in total. The van der Waals surface area contributed by atoms with Gasteiger partial charge in [0.2, 0.25) is 0 Å². The summed E-state index contributed by atoms with van der Waals surface area (Å²) in [5.74, 6) is 0.584. The van der Waals surface area contributed by atoms with Crippen molar-refractivity contribution >= 4 is 5.91 Å². The molecule has 0 bridgehead atoms. The monoisotopic (exact) mass is 259 g/mol. The molecule has 2 aromatic rings. The van der Waals surface area contributed by atoms with Gasteiger partial charge in [0.15, 0.2) is 0 Å². The van der Waals surface area contributed by atoms with Crippen molar-refractivity contribution in [3.63, 3.8) is 0 Å². The van der Waals surface area contributed by atoms with E-state index in [2.05, 4.69) is 5.32 Å². The minimum Gasteiger partial charge on any atom is -0.467 e. The second-order valence-corrected chi connectivity index (χ2v) is 4.32. The number of rotatable bonds is 5. The molecule has 0 saturated heterocycles. The van der Waals surface area contributed by atoms with Crippen molar-refractivity contribution in [3.8, 4) is 0 Å². The molecule has 1 atom stereocenters. The van der Waals surface area contributed by atoms with Gasteiger partial charge in [-0.15, -0.1) is 0 Å². The van der Waals surface area contributed by atoms with E-state index in [1.54, 1.807) is 31.6 Å². The van der Waals surface area contributed by atoms with Gasteiger partial charge in [0.05, 0.1) is 12.8 Å². The van der Waals surface area contributed by atoms with Crippen LogP contribution in [0.3, 0.4) is 0 Å². The van der Waals surface area contributed by atoms with Crippen molar-refractivity contribution in [2.45, 2.75) is 13.0 Å². The van der Waals surface area contributed by atoms with E-state index in [9.17, 15) is 4.79 Å². The van der Waals surface area contributed by atoms with Crippen LogP contribution in [0.1, 0.15) is 27.8 Å². The standard InChI is InChI=1S/C15H17NO3/c1-11-5-7-12(8-6-11)15(17)16-10-14(18-2)13-4-3-9-19-13/h3-9,14H,10H2,1-2H3,(H,16,17). The van der Waals surface area contributed by atoms with E-state index in [1.165, 1.54) is 0 Å². The number of hydrogen-bond donors (Lipinski definition) is 1. The summed E-state index contributed by atoms with van der Waals surface area (Å²) in [6.07, 6.45) is 1.31. The Kier molecular flexibility index (Phi) is 4.36. The van der Waals surface area contributed by atoms with Gasteiger partial charge in [0.1, 0.15) is 11.9 Å². The highest BCUT2D eigenvalue weighted by Crippen LogP contribution is 2.16. The van der Waals surface area contributed by atoms with Gasteiger partial charge in [-0.25, -0.2) is 0 Å². The molecule has 4 heteroatoms. The third-order valence-electron chi connectivity index (χ3n) is 2.91. The highest BCUT2D eigenvalue weighted by atomic mass is 16.5. The zero-order valence-electron chi connectivity index (χ0n) is 11.1. The van der Waals surface area contributed by atoms with Crippen LogP contribution in [-0.4, -0.2) is 19.6 Å². The predicted molar refractivity (Wildman–Crippen MR) is 72.0 cm³/mol. The molecule has 0 saturated carbocycles. The normalized spacial score (nSPS) is 12.1. The first kappa shape index (κ1) is 13.4. The van der Waals surface area contributed by atoms with Crippen LogP contribution in [0.25, 0.3) is 0 Å². The smallest absolute Gasteiger partial charge is 0.251 e. The molecule has 1 aromatic carbocycles. The molecule has 0 aliphatic heterocycles. The average Bonchev–Trinajstić information content (AvgIpc) is 2.94. The Morgan fingerprint density at radius 3 is 2.63 bits per heavy atom. The quantitative estimate of drug-likeness (QED) is 0.898. The molecule has 19 heavy (non-hydrogen) atoms. The fourth-order valence-electron chi connectivity index (χ4n) is 1.77. The highest BCUT2D eigenvalue weighted by Gasteiger charge is 2.15. The molecule has 0 aliphatic rings. The Morgan fingerprint density at radius 2 is 2.05 bits per heavy atom. The molecule has 0 fully saturated rings. The molecule has 1 heterocycles. The summed E-state index contributed by atoms with van der Waals surface area (Å²) in [4.78, 5) is 11.9. The van der Waals surface area contributed by atoms with Crippen molar-refractivity contribution in [1.82, 2.24) is 5.32 Å². The van der Waals surface area contributed by atoms with Gasteiger partial charge < -0.3 is 14.5 Å². The van der Waals surface area contributed by atoms with Crippen LogP contribution in [0.2, 0.25) is 0 Å².